The van der Waals surface area contributed by atoms with Gasteiger partial charge in [-0.3, -0.25) is 4.79 Å². The van der Waals surface area contributed by atoms with Crippen LogP contribution in [0.25, 0.3) is 0 Å². The summed E-state index contributed by atoms with van der Waals surface area (Å²) in [6, 6.07) is 5.82. The molecule has 0 amide bonds. The Balaban J connectivity index is 1.89. The highest BCUT2D eigenvalue weighted by Gasteiger charge is 2.26. The molecule has 2 atom stereocenters. The lowest BCUT2D eigenvalue weighted by Gasteiger charge is -2.34. The number of nitrogens with zero attached hydrogens (tertiary/aromatic N) is 1. The Labute approximate surface area is 120 Å². The summed E-state index contributed by atoms with van der Waals surface area (Å²) >= 11 is 0. The number of ketones is 1. The van der Waals surface area contributed by atoms with Crippen LogP contribution in [0.15, 0.2) is 18.2 Å². The molecule has 0 radical (unpaired) electrons. The monoisotopic (exact) mass is 274 g/mol. The number of hydrogen-bond acceptors (Lipinski definition) is 4. The van der Waals surface area contributed by atoms with Gasteiger partial charge in [0.15, 0.2) is 5.78 Å². The van der Waals surface area contributed by atoms with Crippen LogP contribution in [-0.4, -0.2) is 37.6 Å². The van der Waals surface area contributed by atoms with Crippen molar-refractivity contribution in [3.05, 3.63) is 23.8 Å². The molecule has 0 aromatic heterocycles. The fraction of sp³-hybridized carbons (Fsp3) is 0.562. The van der Waals surface area contributed by atoms with Gasteiger partial charge in [-0.15, -0.1) is 0 Å². The van der Waals surface area contributed by atoms with Crippen molar-refractivity contribution in [2.24, 2.45) is 0 Å². The summed E-state index contributed by atoms with van der Waals surface area (Å²) in [5.74, 6) is 1.10. The minimum Gasteiger partial charge on any atom is -0.487 e. The molecule has 0 saturated carbocycles. The van der Waals surface area contributed by atoms with Crippen molar-refractivity contribution in [2.75, 3.05) is 24.5 Å². The standard InChI is InChI=1S/C16H22N2O2/c1-3-18-10-11(2)20-15-7-6-12(9-14(15)18)16(19)13-5-4-8-17-13/h6-7,9,11,13,17H,3-5,8,10H2,1-2H3. The minimum absolute atomic E-state index is 0.00782. The van der Waals surface area contributed by atoms with Crippen LogP contribution in [-0.2, 0) is 0 Å². The largest absolute Gasteiger partial charge is 0.487 e. The highest BCUT2D eigenvalue weighted by molar-refractivity contribution is 6.01. The molecule has 2 aliphatic rings. The van der Waals surface area contributed by atoms with E-state index in [1.54, 1.807) is 0 Å². The summed E-state index contributed by atoms with van der Waals surface area (Å²) in [5, 5.41) is 3.27. The van der Waals surface area contributed by atoms with Crippen molar-refractivity contribution in [1.29, 1.82) is 0 Å². The molecule has 108 valence electrons. The van der Waals surface area contributed by atoms with E-state index in [1.165, 1.54) is 0 Å². The van der Waals surface area contributed by atoms with Gasteiger partial charge in [0.1, 0.15) is 11.9 Å². The maximum absolute atomic E-state index is 12.5. The number of anilines is 1. The van der Waals surface area contributed by atoms with Crippen LogP contribution >= 0.6 is 0 Å². The molecule has 2 unspecified atom stereocenters. The van der Waals surface area contributed by atoms with Crippen LogP contribution in [0.5, 0.6) is 5.75 Å². The molecule has 2 heterocycles. The first-order chi connectivity index (χ1) is 9.69. The number of carbonyl (C=O) groups is 1. The maximum atomic E-state index is 12.5. The smallest absolute Gasteiger partial charge is 0.179 e. The summed E-state index contributed by atoms with van der Waals surface area (Å²) in [5.41, 5.74) is 1.84. The predicted octanol–water partition coefficient (Wildman–Crippen LogP) is 2.23. The molecule has 1 saturated heterocycles. The molecule has 0 aliphatic carbocycles. The van der Waals surface area contributed by atoms with Crippen LogP contribution in [0.2, 0.25) is 0 Å². The number of nitrogens with one attached hydrogen (secondary N) is 1. The number of ether oxygens (including phenoxy) is 1. The minimum atomic E-state index is -0.00782. The zero-order chi connectivity index (χ0) is 14.1. The lowest BCUT2D eigenvalue weighted by Crippen LogP contribution is -2.38. The number of Topliss-reactive ketones (excluding diaryl/α,β-unsaturated/α-hetero) is 1. The third-order valence-electron chi connectivity index (χ3n) is 4.15. The van der Waals surface area contributed by atoms with E-state index in [2.05, 4.69) is 24.1 Å². The van der Waals surface area contributed by atoms with Crippen molar-refractivity contribution >= 4 is 11.5 Å². The van der Waals surface area contributed by atoms with E-state index >= 15 is 0 Å². The molecule has 4 heteroatoms. The summed E-state index contributed by atoms with van der Waals surface area (Å²) < 4.78 is 5.86. The van der Waals surface area contributed by atoms with Gasteiger partial charge in [0.05, 0.1) is 18.3 Å². The highest BCUT2D eigenvalue weighted by Crippen LogP contribution is 2.34. The second kappa shape index (κ2) is 5.44. The van der Waals surface area contributed by atoms with Gasteiger partial charge in [-0.05, 0) is 51.4 Å². The van der Waals surface area contributed by atoms with E-state index in [4.69, 9.17) is 4.74 Å². The second-order valence-electron chi connectivity index (χ2n) is 5.66. The van der Waals surface area contributed by atoms with Crippen LogP contribution in [0, 0.1) is 0 Å². The van der Waals surface area contributed by atoms with Crippen molar-refractivity contribution in [2.45, 2.75) is 38.8 Å². The number of benzene rings is 1. The van der Waals surface area contributed by atoms with Crippen molar-refractivity contribution < 1.29 is 9.53 Å². The van der Waals surface area contributed by atoms with Crippen molar-refractivity contribution in [3.63, 3.8) is 0 Å². The van der Waals surface area contributed by atoms with Gasteiger partial charge < -0.3 is 15.0 Å². The van der Waals surface area contributed by atoms with Crippen LogP contribution in [0.1, 0.15) is 37.0 Å². The molecule has 1 aromatic carbocycles. The molecule has 3 rings (SSSR count). The number of carbonyl (C=O) groups excluding carboxylic acids is 1. The van der Waals surface area contributed by atoms with E-state index in [1.807, 2.05) is 18.2 Å². The number of likely N-dealkylation sites (N-methyl/N-ethyl adjacent to an activating group) is 1. The Morgan fingerprint density at radius 2 is 2.35 bits per heavy atom. The summed E-state index contributed by atoms with van der Waals surface area (Å²) in [6.45, 7) is 6.97. The SMILES string of the molecule is CCN1CC(C)Oc2ccc(C(=O)C3CCCN3)cc21. The summed E-state index contributed by atoms with van der Waals surface area (Å²) in [4.78, 5) is 14.8. The Hall–Kier alpha value is -1.55. The fourth-order valence-electron chi connectivity index (χ4n) is 3.09. The Bertz CT molecular complexity index is 509. The zero-order valence-electron chi connectivity index (χ0n) is 12.2. The molecule has 20 heavy (non-hydrogen) atoms. The Morgan fingerprint density at radius 1 is 1.50 bits per heavy atom. The lowest BCUT2D eigenvalue weighted by molar-refractivity contribution is 0.0952. The number of rotatable bonds is 3. The van der Waals surface area contributed by atoms with E-state index in [-0.39, 0.29) is 17.9 Å². The van der Waals surface area contributed by atoms with Crippen LogP contribution in [0.4, 0.5) is 5.69 Å². The first kappa shape index (κ1) is 13.4. The van der Waals surface area contributed by atoms with E-state index in [9.17, 15) is 4.79 Å². The van der Waals surface area contributed by atoms with Gasteiger partial charge in [-0.25, -0.2) is 0 Å². The van der Waals surface area contributed by atoms with Crippen LogP contribution < -0.4 is 15.0 Å². The molecule has 1 fully saturated rings. The molecule has 0 bridgehead atoms. The molecule has 2 aliphatic heterocycles. The lowest BCUT2D eigenvalue weighted by atomic mass is 10.0. The van der Waals surface area contributed by atoms with Gasteiger partial charge in [-0.2, -0.15) is 0 Å². The van der Waals surface area contributed by atoms with Gasteiger partial charge in [-0.1, -0.05) is 0 Å². The predicted molar refractivity (Wildman–Crippen MR) is 79.8 cm³/mol. The maximum Gasteiger partial charge on any atom is 0.179 e. The van der Waals surface area contributed by atoms with Gasteiger partial charge in [0.25, 0.3) is 0 Å². The molecular formula is C16H22N2O2. The third-order valence-corrected chi connectivity index (χ3v) is 4.15. The summed E-state index contributed by atoms with van der Waals surface area (Å²) in [7, 11) is 0. The van der Waals surface area contributed by atoms with E-state index in [0.29, 0.717) is 0 Å². The zero-order valence-corrected chi connectivity index (χ0v) is 12.2. The van der Waals surface area contributed by atoms with Crippen molar-refractivity contribution in [3.8, 4) is 5.75 Å². The van der Waals surface area contributed by atoms with Crippen molar-refractivity contribution in [1.82, 2.24) is 5.32 Å². The highest BCUT2D eigenvalue weighted by atomic mass is 16.5. The first-order valence-electron chi connectivity index (χ1n) is 7.52. The number of hydrogen-bond donors (Lipinski definition) is 1. The average Bonchev–Trinajstić information content (AvgIpc) is 2.99. The Kier molecular flexibility index (Phi) is 3.66. The molecule has 1 N–H and O–H groups in total. The average molecular weight is 274 g/mol. The quantitative estimate of drug-likeness (QED) is 0.858. The normalized spacial score (nSPS) is 25.2. The van der Waals surface area contributed by atoms with Gasteiger partial charge in [0, 0.05) is 12.1 Å². The molecule has 1 aromatic rings. The number of fused-ring (bicyclic) bond motifs is 1. The van der Waals surface area contributed by atoms with Gasteiger partial charge >= 0.3 is 0 Å². The van der Waals surface area contributed by atoms with Gasteiger partial charge in [0.2, 0.25) is 0 Å². The Morgan fingerprint density at radius 3 is 3.05 bits per heavy atom. The first-order valence-corrected chi connectivity index (χ1v) is 7.52. The molecule has 0 spiro atoms. The molecule has 4 nitrogen and oxygen atoms in total. The van der Waals surface area contributed by atoms with E-state index < -0.39 is 0 Å². The second-order valence-corrected chi connectivity index (χ2v) is 5.66. The fourth-order valence-corrected chi connectivity index (χ4v) is 3.09. The van der Waals surface area contributed by atoms with E-state index in [0.717, 1.165) is 49.5 Å². The summed E-state index contributed by atoms with van der Waals surface area (Å²) in [6.07, 6.45) is 2.23. The topological polar surface area (TPSA) is 41.6 Å². The molecular weight excluding hydrogens is 252 g/mol. The third kappa shape index (κ3) is 2.40. The van der Waals surface area contributed by atoms with Crippen LogP contribution in [0.3, 0.4) is 0 Å².